The van der Waals surface area contributed by atoms with Crippen LogP contribution in [0.25, 0.3) is 0 Å². The fourth-order valence-electron chi connectivity index (χ4n) is 2.47. The van der Waals surface area contributed by atoms with Gasteiger partial charge in [0.1, 0.15) is 0 Å². The van der Waals surface area contributed by atoms with Crippen molar-refractivity contribution >= 4 is 17.3 Å². The molecule has 0 bridgehead atoms. The van der Waals surface area contributed by atoms with E-state index in [9.17, 15) is 0 Å². The predicted molar refractivity (Wildman–Crippen MR) is 76.5 cm³/mol. The summed E-state index contributed by atoms with van der Waals surface area (Å²) in [7, 11) is 3.72. The molecule has 0 spiro atoms. The first-order valence-electron chi connectivity index (χ1n) is 6.45. The number of nitrogens with zero attached hydrogens (tertiary/aromatic N) is 1. The number of anilines is 1. The molecule has 1 heterocycles. The molecule has 0 amide bonds. The van der Waals surface area contributed by atoms with Gasteiger partial charge < -0.3 is 15.0 Å². The summed E-state index contributed by atoms with van der Waals surface area (Å²) in [5.74, 6) is 0. The molecule has 1 saturated heterocycles. The molecule has 100 valence electrons. The van der Waals surface area contributed by atoms with E-state index >= 15 is 0 Å². The van der Waals surface area contributed by atoms with Gasteiger partial charge in [0.05, 0.1) is 16.8 Å². The number of nitrogens with one attached hydrogen (secondary N) is 1. The van der Waals surface area contributed by atoms with E-state index in [-0.39, 0.29) is 0 Å². The Hall–Kier alpha value is -0.770. The van der Waals surface area contributed by atoms with Gasteiger partial charge in [-0.05, 0) is 37.6 Å². The minimum Gasteiger partial charge on any atom is -0.380 e. The van der Waals surface area contributed by atoms with Gasteiger partial charge in [-0.3, -0.25) is 0 Å². The van der Waals surface area contributed by atoms with Gasteiger partial charge >= 0.3 is 0 Å². The van der Waals surface area contributed by atoms with Gasteiger partial charge in [-0.1, -0.05) is 17.7 Å². The third-order valence-electron chi connectivity index (χ3n) is 3.45. The average Bonchev–Trinajstić information content (AvgIpc) is 2.39. The van der Waals surface area contributed by atoms with Gasteiger partial charge in [0.15, 0.2) is 0 Å². The summed E-state index contributed by atoms with van der Waals surface area (Å²) in [6.45, 7) is 2.84. The van der Waals surface area contributed by atoms with Gasteiger partial charge in [0.25, 0.3) is 0 Å². The zero-order valence-electron chi connectivity index (χ0n) is 11.1. The lowest BCUT2D eigenvalue weighted by molar-refractivity contribution is 0.0893. The molecule has 2 rings (SSSR count). The molecule has 1 aromatic rings. The minimum atomic E-state index is 0.326. The lowest BCUT2D eigenvalue weighted by Crippen LogP contribution is -2.39. The molecular formula is C14H21ClN2O. The zero-order valence-corrected chi connectivity index (χ0v) is 11.8. The Bertz CT molecular complexity index is 397. The number of hydrogen-bond donors (Lipinski definition) is 1. The Labute approximate surface area is 114 Å². The molecule has 1 aliphatic heterocycles. The largest absolute Gasteiger partial charge is 0.380 e. The molecule has 18 heavy (non-hydrogen) atoms. The standard InChI is InChI=1S/C14H21ClN2O/c1-16-9-11-5-6-14(13(15)8-11)17-7-3-4-12(10-17)18-2/h5-6,8,12,16H,3-4,7,9-10H2,1-2H3. The molecular weight excluding hydrogens is 248 g/mol. The number of rotatable bonds is 4. The molecule has 0 saturated carbocycles. The number of ether oxygens (including phenoxy) is 1. The molecule has 1 atom stereocenters. The van der Waals surface area contributed by atoms with Crippen LogP contribution in [0.4, 0.5) is 5.69 Å². The van der Waals surface area contributed by atoms with Crippen molar-refractivity contribution < 1.29 is 4.74 Å². The summed E-state index contributed by atoms with van der Waals surface area (Å²) in [5, 5.41) is 3.97. The molecule has 0 aromatic heterocycles. The molecule has 1 aromatic carbocycles. The summed E-state index contributed by atoms with van der Waals surface area (Å²) in [4.78, 5) is 2.32. The van der Waals surface area contributed by atoms with Crippen LogP contribution < -0.4 is 10.2 Å². The van der Waals surface area contributed by atoms with Crippen molar-refractivity contribution in [1.29, 1.82) is 0 Å². The monoisotopic (exact) mass is 268 g/mol. The van der Waals surface area contributed by atoms with E-state index in [1.54, 1.807) is 7.11 Å². The first-order valence-corrected chi connectivity index (χ1v) is 6.83. The third-order valence-corrected chi connectivity index (χ3v) is 3.75. The highest BCUT2D eigenvalue weighted by molar-refractivity contribution is 6.33. The lowest BCUT2D eigenvalue weighted by Gasteiger charge is -2.34. The second-order valence-electron chi connectivity index (χ2n) is 4.76. The fourth-order valence-corrected chi connectivity index (χ4v) is 2.79. The quantitative estimate of drug-likeness (QED) is 0.909. The fraction of sp³-hybridized carbons (Fsp3) is 0.571. The van der Waals surface area contributed by atoms with Crippen molar-refractivity contribution in [2.45, 2.75) is 25.5 Å². The van der Waals surface area contributed by atoms with Crippen LogP contribution in [0.2, 0.25) is 5.02 Å². The Balaban J connectivity index is 2.12. The van der Waals surface area contributed by atoms with Crippen LogP contribution >= 0.6 is 11.6 Å². The predicted octanol–water partition coefficient (Wildman–Crippen LogP) is 2.67. The lowest BCUT2D eigenvalue weighted by atomic mass is 10.1. The molecule has 3 nitrogen and oxygen atoms in total. The maximum absolute atomic E-state index is 6.38. The van der Waals surface area contributed by atoms with Gasteiger partial charge in [-0.15, -0.1) is 0 Å². The summed E-state index contributed by atoms with van der Waals surface area (Å²) in [6.07, 6.45) is 2.63. The van der Waals surface area contributed by atoms with Crippen molar-refractivity contribution in [2.75, 3.05) is 32.1 Å². The Morgan fingerprint density at radius 1 is 1.50 bits per heavy atom. The van der Waals surface area contributed by atoms with Gasteiger partial charge in [0.2, 0.25) is 0 Å². The second-order valence-corrected chi connectivity index (χ2v) is 5.17. The molecule has 1 N–H and O–H groups in total. The summed E-state index contributed by atoms with van der Waals surface area (Å²) in [6, 6.07) is 6.30. The smallest absolute Gasteiger partial charge is 0.0746 e. The van der Waals surface area contributed by atoms with E-state index in [1.165, 1.54) is 5.56 Å². The van der Waals surface area contributed by atoms with Crippen molar-refractivity contribution in [2.24, 2.45) is 0 Å². The van der Waals surface area contributed by atoms with Crippen molar-refractivity contribution in [1.82, 2.24) is 5.32 Å². The van der Waals surface area contributed by atoms with E-state index in [0.717, 1.165) is 43.2 Å². The SMILES string of the molecule is CNCc1ccc(N2CCCC(OC)C2)c(Cl)c1. The highest BCUT2D eigenvalue weighted by atomic mass is 35.5. The summed E-state index contributed by atoms with van der Waals surface area (Å²) >= 11 is 6.38. The van der Waals surface area contributed by atoms with Crippen LogP contribution in [-0.2, 0) is 11.3 Å². The van der Waals surface area contributed by atoms with E-state index in [0.29, 0.717) is 6.10 Å². The topological polar surface area (TPSA) is 24.5 Å². The molecule has 4 heteroatoms. The Kier molecular flexibility index (Phi) is 4.87. The first-order chi connectivity index (χ1) is 8.74. The van der Waals surface area contributed by atoms with Gasteiger partial charge in [-0.2, -0.15) is 0 Å². The maximum Gasteiger partial charge on any atom is 0.0746 e. The molecule has 0 radical (unpaired) electrons. The van der Waals surface area contributed by atoms with Crippen LogP contribution in [0, 0.1) is 0 Å². The average molecular weight is 269 g/mol. The van der Waals surface area contributed by atoms with Crippen molar-refractivity contribution in [3.8, 4) is 0 Å². The number of hydrogen-bond acceptors (Lipinski definition) is 3. The van der Waals surface area contributed by atoms with E-state index in [4.69, 9.17) is 16.3 Å². The highest BCUT2D eigenvalue weighted by Gasteiger charge is 2.21. The molecule has 1 aliphatic rings. The van der Waals surface area contributed by atoms with Crippen LogP contribution in [0.3, 0.4) is 0 Å². The van der Waals surface area contributed by atoms with E-state index in [1.807, 2.05) is 13.1 Å². The summed E-state index contributed by atoms with van der Waals surface area (Å²) in [5.41, 5.74) is 2.34. The van der Waals surface area contributed by atoms with Crippen LogP contribution in [0.5, 0.6) is 0 Å². The van der Waals surface area contributed by atoms with Crippen molar-refractivity contribution in [3.63, 3.8) is 0 Å². The number of benzene rings is 1. The minimum absolute atomic E-state index is 0.326. The normalized spacial score (nSPS) is 20.2. The first kappa shape index (κ1) is 13.7. The number of halogens is 1. The van der Waals surface area contributed by atoms with Crippen LogP contribution in [0.15, 0.2) is 18.2 Å². The Morgan fingerprint density at radius 3 is 3.00 bits per heavy atom. The number of methoxy groups -OCH3 is 1. The van der Waals surface area contributed by atoms with Crippen molar-refractivity contribution in [3.05, 3.63) is 28.8 Å². The van der Waals surface area contributed by atoms with Gasteiger partial charge in [0, 0.05) is 26.7 Å². The summed E-state index contributed by atoms with van der Waals surface area (Å²) < 4.78 is 5.45. The molecule has 1 fully saturated rings. The highest BCUT2D eigenvalue weighted by Crippen LogP contribution is 2.29. The van der Waals surface area contributed by atoms with Crippen LogP contribution in [-0.4, -0.2) is 33.4 Å². The van der Waals surface area contributed by atoms with E-state index in [2.05, 4.69) is 22.3 Å². The molecule has 1 unspecified atom stereocenters. The maximum atomic E-state index is 6.38. The molecule has 0 aliphatic carbocycles. The van der Waals surface area contributed by atoms with Crippen LogP contribution in [0.1, 0.15) is 18.4 Å². The number of piperidine rings is 1. The Morgan fingerprint density at radius 2 is 2.33 bits per heavy atom. The zero-order chi connectivity index (χ0) is 13.0. The third kappa shape index (κ3) is 3.16. The van der Waals surface area contributed by atoms with Gasteiger partial charge in [-0.25, -0.2) is 0 Å². The van der Waals surface area contributed by atoms with E-state index < -0.39 is 0 Å². The second kappa shape index (κ2) is 6.41.